The Morgan fingerprint density at radius 3 is 1.52 bits per heavy atom. The van der Waals surface area contributed by atoms with Crippen molar-refractivity contribution in [2.75, 3.05) is 0 Å². The minimum atomic E-state index is -0.978. The first-order chi connectivity index (χ1) is 10.2. The number of hydrogen-bond acceptors (Lipinski definition) is 4. The Labute approximate surface area is 126 Å². The molecule has 0 saturated heterocycles. The van der Waals surface area contributed by atoms with Gasteiger partial charge in [-0.15, -0.1) is 6.58 Å². The molecule has 0 bridgehead atoms. The summed E-state index contributed by atoms with van der Waals surface area (Å²) in [6, 6.07) is 0. The molecule has 2 aliphatic carbocycles. The van der Waals surface area contributed by atoms with Gasteiger partial charge < -0.3 is 9.47 Å². The molecule has 2 rings (SSSR count). The third kappa shape index (κ3) is 4.87. The maximum absolute atomic E-state index is 12.1. The van der Waals surface area contributed by atoms with Crippen LogP contribution in [0.2, 0.25) is 0 Å². The van der Waals surface area contributed by atoms with Gasteiger partial charge in [0.25, 0.3) is 0 Å². The summed E-state index contributed by atoms with van der Waals surface area (Å²) < 4.78 is 10.9. The van der Waals surface area contributed by atoms with Gasteiger partial charge in [0.15, 0.2) is 5.92 Å². The van der Waals surface area contributed by atoms with Gasteiger partial charge in [-0.2, -0.15) is 0 Å². The standard InChI is InChI=1S/C17H26O4/c1-2-15(16(18)20-13-9-5-3-6-10-13)17(19)21-14-11-7-4-8-12-14/h2,13-15H,1,3-12H2. The Morgan fingerprint density at radius 2 is 1.19 bits per heavy atom. The van der Waals surface area contributed by atoms with Gasteiger partial charge in [-0.3, -0.25) is 9.59 Å². The van der Waals surface area contributed by atoms with E-state index in [1.165, 1.54) is 18.9 Å². The molecule has 0 aromatic heterocycles. The summed E-state index contributed by atoms with van der Waals surface area (Å²) in [6.45, 7) is 3.59. The van der Waals surface area contributed by atoms with Crippen molar-refractivity contribution in [3.8, 4) is 0 Å². The molecule has 2 fully saturated rings. The van der Waals surface area contributed by atoms with Crippen LogP contribution in [0.3, 0.4) is 0 Å². The molecular formula is C17H26O4. The van der Waals surface area contributed by atoms with E-state index in [-0.39, 0.29) is 12.2 Å². The fourth-order valence-corrected chi connectivity index (χ4v) is 3.13. The largest absolute Gasteiger partial charge is 0.462 e. The highest BCUT2D eigenvalue weighted by molar-refractivity contribution is 5.97. The van der Waals surface area contributed by atoms with Crippen molar-refractivity contribution in [2.45, 2.75) is 76.4 Å². The predicted molar refractivity (Wildman–Crippen MR) is 79.6 cm³/mol. The predicted octanol–water partition coefficient (Wildman–Crippen LogP) is 3.54. The molecule has 118 valence electrons. The molecule has 21 heavy (non-hydrogen) atoms. The molecule has 0 atom stereocenters. The summed E-state index contributed by atoms with van der Waals surface area (Å²) >= 11 is 0. The van der Waals surface area contributed by atoms with E-state index in [2.05, 4.69) is 6.58 Å². The van der Waals surface area contributed by atoms with Crippen LogP contribution in [0.15, 0.2) is 12.7 Å². The molecule has 2 saturated carbocycles. The van der Waals surface area contributed by atoms with Gasteiger partial charge in [-0.1, -0.05) is 18.9 Å². The van der Waals surface area contributed by atoms with E-state index in [1.807, 2.05) is 0 Å². The molecular weight excluding hydrogens is 268 g/mol. The third-order valence-corrected chi connectivity index (χ3v) is 4.41. The monoisotopic (exact) mass is 294 g/mol. The highest BCUT2D eigenvalue weighted by atomic mass is 16.6. The van der Waals surface area contributed by atoms with Crippen molar-refractivity contribution < 1.29 is 19.1 Å². The van der Waals surface area contributed by atoms with Crippen LogP contribution >= 0.6 is 0 Å². The number of carbonyl (C=O) groups is 2. The number of rotatable bonds is 5. The van der Waals surface area contributed by atoms with Crippen molar-refractivity contribution in [1.82, 2.24) is 0 Å². The second-order valence-electron chi connectivity index (χ2n) is 6.11. The lowest BCUT2D eigenvalue weighted by Gasteiger charge is -2.25. The lowest BCUT2D eigenvalue weighted by molar-refractivity contribution is -0.167. The molecule has 0 N–H and O–H groups in total. The second-order valence-corrected chi connectivity index (χ2v) is 6.11. The molecule has 0 amide bonds. The summed E-state index contributed by atoms with van der Waals surface area (Å²) in [5, 5.41) is 0. The Hall–Kier alpha value is -1.32. The van der Waals surface area contributed by atoms with Crippen LogP contribution in [-0.2, 0) is 19.1 Å². The zero-order chi connectivity index (χ0) is 15.1. The average molecular weight is 294 g/mol. The number of hydrogen-bond donors (Lipinski definition) is 0. The fourth-order valence-electron chi connectivity index (χ4n) is 3.13. The van der Waals surface area contributed by atoms with Gasteiger partial charge in [0, 0.05) is 0 Å². The van der Waals surface area contributed by atoms with Crippen molar-refractivity contribution in [1.29, 1.82) is 0 Å². The van der Waals surface area contributed by atoms with Crippen LogP contribution in [0.25, 0.3) is 0 Å². The highest BCUT2D eigenvalue weighted by Crippen LogP contribution is 2.24. The highest BCUT2D eigenvalue weighted by Gasteiger charge is 2.31. The number of ether oxygens (including phenoxy) is 2. The first-order valence-electron chi connectivity index (χ1n) is 8.24. The first kappa shape index (κ1) is 16.1. The molecule has 0 aromatic carbocycles. The maximum atomic E-state index is 12.1. The van der Waals surface area contributed by atoms with E-state index in [9.17, 15) is 9.59 Å². The Kier molecular flexibility index (Phi) is 6.27. The molecule has 0 aliphatic heterocycles. The Bertz CT molecular complexity index is 333. The van der Waals surface area contributed by atoms with Crippen LogP contribution in [0.4, 0.5) is 0 Å². The van der Waals surface area contributed by atoms with E-state index < -0.39 is 17.9 Å². The molecule has 0 spiro atoms. The van der Waals surface area contributed by atoms with Gasteiger partial charge >= 0.3 is 11.9 Å². The summed E-state index contributed by atoms with van der Waals surface area (Å²) in [7, 11) is 0. The zero-order valence-corrected chi connectivity index (χ0v) is 12.7. The number of carbonyl (C=O) groups excluding carboxylic acids is 2. The molecule has 4 heteroatoms. The smallest absolute Gasteiger partial charge is 0.324 e. The van der Waals surface area contributed by atoms with Gasteiger partial charge in [0.1, 0.15) is 12.2 Å². The van der Waals surface area contributed by atoms with Gasteiger partial charge in [-0.25, -0.2) is 0 Å². The second kappa shape index (κ2) is 8.20. The molecule has 2 aliphatic rings. The Morgan fingerprint density at radius 1 is 0.810 bits per heavy atom. The summed E-state index contributed by atoms with van der Waals surface area (Å²) in [6.07, 6.45) is 11.6. The molecule has 0 aromatic rings. The van der Waals surface area contributed by atoms with Crippen LogP contribution in [0.5, 0.6) is 0 Å². The SMILES string of the molecule is C=CC(C(=O)OC1CCCCC1)C(=O)OC1CCCCC1. The van der Waals surface area contributed by atoms with E-state index in [1.54, 1.807) is 0 Å². The summed E-state index contributed by atoms with van der Waals surface area (Å²) in [4.78, 5) is 24.3. The average Bonchev–Trinajstić information content (AvgIpc) is 2.50. The maximum Gasteiger partial charge on any atom is 0.324 e. The lowest BCUT2D eigenvalue weighted by Crippen LogP contribution is -2.33. The molecule has 0 heterocycles. The normalized spacial score (nSPS) is 21.0. The lowest BCUT2D eigenvalue weighted by atomic mass is 9.97. The van der Waals surface area contributed by atoms with Gasteiger partial charge in [-0.05, 0) is 51.4 Å². The van der Waals surface area contributed by atoms with Crippen LogP contribution < -0.4 is 0 Å². The summed E-state index contributed by atoms with van der Waals surface area (Å²) in [5.41, 5.74) is 0. The van der Waals surface area contributed by atoms with E-state index in [0.29, 0.717) is 0 Å². The van der Waals surface area contributed by atoms with Crippen molar-refractivity contribution in [3.05, 3.63) is 12.7 Å². The van der Waals surface area contributed by atoms with Crippen LogP contribution in [0, 0.1) is 5.92 Å². The van der Waals surface area contributed by atoms with Gasteiger partial charge in [0.2, 0.25) is 0 Å². The molecule has 4 nitrogen and oxygen atoms in total. The van der Waals surface area contributed by atoms with E-state index >= 15 is 0 Å². The van der Waals surface area contributed by atoms with E-state index in [0.717, 1.165) is 51.4 Å². The van der Waals surface area contributed by atoms with E-state index in [4.69, 9.17) is 9.47 Å². The minimum absolute atomic E-state index is 0.0452. The molecule has 0 unspecified atom stereocenters. The quantitative estimate of drug-likeness (QED) is 0.442. The summed E-state index contributed by atoms with van der Waals surface area (Å²) in [5.74, 6) is -1.98. The van der Waals surface area contributed by atoms with Crippen LogP contribution in [-0.4, -0.2) is 24.1 Å². The molecule has 0 radical (unpaired) electrons. The van der Waals surface area contributed by atoms with Crippen molar-refractivity contribution >= 4 is 11.9 Å². The number of esters is 2. The van der Waals surface area contributed by atoms with Gasteiger partial charge in [0.05, 0.1) is 0 Å². The van der Waals surface area contributed by atoms with Crippen molar-refractivity contribution in [3.63, 3.8) is 0 Å². The topological polar surface area (TPSA) is 52.6 Å². The Balaban J connectivity index is 1.83. The van der Waals surface area contributed by atoms with Crippen LogP contribution in [0.1, 0.15) is 64.2 Å². The van der Waals surface area contributed by atoms with Crippen molar-refractivity contribution in [2.24, 2.45) is 5.92 Å². The zero-order valence-electron chi connectivity index (χ0n) is 12.7. The third-order valence-electron chi connectivity index (χ3n) is 4.41. The fraction of sp³-hybridized carbons (Fsp3) is 0.765. The minimum Gasteiger partial charge on any atom is -0.462 e. The first-order valence-corrected chi connectivity index (χ1v) is 8.24.